The molecule has 0 N–H and O–H groups in total. The Morgan fingerprint density at radius 1 is 1.02 bits per heavy atom. The van der Waals surface area contributed by atoms with Crippen molar-refractivity contribution in [2.75, 3.05) is 38.5 Å². The monoisotopic (exact) mass is 651 g/mol. The number of benzene rings is 1. The van der Waals surface area contributed by atoms with Gasteiger partial charge in [0.15, 0.2) is 0 Å². The Kier molecular flexibility index (Phi) is 10.3. The highest BCUT2D eigenvalue weighted by molar-refractivity contribution is 7.89. The fourth-order valence-electron chi connectivity index (χ4n) is 6.95. The van der Waals surface area contributed by atoms with Crippen molar-refractivity contribution in [3.05, 3.63) is 75.8 Å². The summed E-state index contributed by atoms with van der Waals surface area (Å²) in [6.07, 6.45) is 10.9. The van der Waals surface area contributed by atoms with Crippen molar-refractivity contribution < 1.29 is 12.8 Å². The number of piperidine rings is 1. The summed E-state index contributed by atoms with van der Waals surface area (Å²) < 4.78 is 43.5. The third-order valence-electron chi connectivity index (χ3n) is 9.64. The van der Waals surface area contributed by atoms with Gasteiger partial charge in [-0.1, -0.05) is 19.9 Å². The van der Waals surface area contributed by atoms with Crippen molar-refractivity contribution in [1.29, 1.82) is 0 Å². The maximum atomic E-state index is 13.3. The number of hydrogen-bond acceptors (Lipinski definition) is 6. The number of hydrogen-bond donors (Lipinski definition) is 0. The van der Waals surface area contributed by atoms with Crippen LogP contribution in [0.5, 0.6) is 0 Å². The molecule has 0 bridgehead atoms. The van der Waals surface area contributed by atoms with Crippen LogP contribution < -0.4 is 0 Å². The first-order chi connectivity index (χ1) is 21.8. The average Bonchev–Trinajstić information content (AvgIpc) is 3.81. The third kappa shape index (κ3) is 7.84. The number of imidazole rings is 1. The van der Waals surface area contributed by atoms with E-state index in [1.54, 1.807) is 27.8 Å². The lowest BCUT2D eigenvalue weighted by Crippen LogP contribution is -2.39. The molecule has 5 heterocycles. The van der Waals surface area contributed by atoms with Gasteiger partial charge < -0.3 is 9.30 Å². The first-order valence-electron chi connectivity index (χ1n) is 16.7. The van der Waals surface area contributed by atoms with Crippen LogP contribution in [0.25, 0.3) is 16.9 Å². The second-order valence-corrected chi connectivity index (χ2v) is 16.0. The van der Waals surface area contributed by atoms with Crippen LogP contribution in [0.2, 0.25) is 0 Å². The second kappa shape index (κ2) is 14.4. The van der Waals surface area contributed by atoms with Crippen LogP contribution in [0.1, 0.15) is 80.2 Å². The Morgan fingerprint density at radius 2 is 1.78 bits per heavy atom. The average molecular weight is 652 g/mol. The molecule has 7 nitrogen and oxygen atoms in total. The number of halogens is 1. The number of sulfonamides is 1. The quantitative estimate of drug-likeness (QED) is 0.156. The molecule has 0 amide bonds. The van der Waals surface area contributed by atoms with Crippen molar-refractivity contribution in [3.8, 4) is 11.3 Å². The molecule has 0 aliphatic carbocycles. The summed E-state index contributed by atoms with van der Waals surface area (Å²) in [5, 5.41) is 3.17. The van der Waals surface area contributed by atoms with E-state index in [0.717, 1.165) is 92.2 Å². The van der Waals surface area contributed by atoms with Gasteiger partial charge in [0.2, 0.25) is 10.0 Å². The molecule has 10 heteroatoms. The molecule has 0 saturated carbocycles. The van der Waals surface area contributed by atoms with E-state index in [1.807, 2.05) is 0 Å². The molecule has 2 aliphatic rings. The van der Waals surface area contributed by atoms with E-state index in [2.05, 4.69) is 46.9 Å². The SMILES string of the molecule is CCc1nc2ccc(C3CCN(S(=O)(=O)CCCN4CCCC4)CC3)cn2c1CC(C)CCc1nc(-c2ccc(F)cc2)cs1. The van der Waals surface area contributed by atoms with E-state index in [4.69, 9.17) is 9.97 Å². The Bertz CT molecular complexity index is 1670. The van der Waals surface area contributed by atoms with Gasteiger partial charge in [-0.05, 0) is 125 Å². The van der Waals surface area contributed by atoms with E-state index >= 15 is 0 Å². The minimum absolute atomic E-state index is 0.233. The Hall–Kier alpha value is -2.66. The zero-order chi connectivity index (χ0) is 31.4. The molecule has 0 radical (unpaired) electrons. The fraction of sp³-hybridized carbons (Fsp3) is 0.543. The van der Waals surface area contributed by atoms with Crippen molar-refractivity contribution in [2.45, 2.75) is 77.6 Å². The summed E-state index contributed by atoms with van der Waals surface area (Å²) in [7, 11) is -3.20. The van der Waals surface area contributed by atoms with E-state index in [9.17, 15) is 12.8 Å². The zero-order valence-corrected chi connectivity index (χ0v) is 28.3. The standard InChI is InChI=1S/C35H46FN5O2S2/c1-3-31-33(23-26(2)7-14-35-38-32(25-44-35)28-8-11-30(36)12-9-28)41-24-29(10-13-34(41)37-31)27-15-20-40(21-16-27)45(42,43)22-6-19-39-17-4-5-18-39/h8-13,24-27H,3-7,14-23H2,1-2H3. The van der Waals surface area contributed by atoms with E-state index in [0.29, 0.717) is 24.9 Å². The fourth-order valence-corrected chi connectivity index (χ4v) is 9.30. The van der Waals surface area contributed by atoms with Gasteiger partial charge in [-0.3, -0.25) is 0 Å². The van der Waals surface area contributed by atoms with Crippen molar-refractivity contribution in [3.63, 3.8) is 0 Å². The predicted octanol–water partition coefficient (Wildman–Crippen LogP) is 6.97. The number of likely N-dealkylation sites (tertiary alicyclic amines) is 1. The number of nitrogens with zero attached hydrogens (tertiary/aromatic N) is 5. The van der Waals surface area contributed by atoms with Gasteiger partial charge in [0.05, 0.1) is 22.1 Å². The van der Waals surface area contributed by atoms with Crippen molar-refractivity contribution in [1.82, 2.24) is 23.6 Å². The Morgan fingerprint density at radius 3 is 2.51 bits per heavy atom. The van der Waals surface area contributed by atoms with Crippen LogP contribution >= 0.6 is 11.3 Å². The Labute approximate surface area is 271 Å². The van der Waals surface area contributed by atoms with E-state index in [1.165, 1.54) is 36.2 Å². The van der Waals surface area contributed by atoms with Gasteiger partial charge >= 0.3 is 0 Å². The number of aromatic nitrogens is 3. The molecule has 45 heavy (non-hydrogen) atoms. The minimum atomic E-state index is -3.20. The van der Waals surface area contributed by atoms with E-state index < -0.39 is 10.0 Å². The first kappa shape index (κ1) is 32.3. The molecular weight excluding hydrogens is 606 g/mol. The summed E-state index contributed by atoms with van der Waals surface area (Å²) >= 11 is 1.67. The predicted molar refractivity (Wildman–Crippen MR) is 181 cm³/mol. The smallest absolute Gasteiger partial charge is 0.214 e. The van der Waals surface area contributed by atoms with Crippen LogP contribution in [-0.2, 0) is 29.3 Å². The molecule has 2 saturated heterocycles. The highest BCUT2D eigenvalue weighted by Gasteiger charge is 2.29. The van der Waals surface area contributed by atoms with Gasteiger partial charge in [-0.25, -0.2) is 27.1 Å². The number of aryl methyl sites for hydroxylation is 2. The number of thiazole rings is 1. The van der Waals surface area contributed by atoms with Gasteiger partial charge in [-0.15, -0.1) is 11.3 Å². The molecular formula is C35H46FN5O2S2. The second-order valence-electron chi connectivity index (χ2n) is 12.9. The largest absolute Gasteiger partial charge is 0.304 e. The van der Waals surface area contributed by atoms with Crippen LogP contribution in [0.15, 0.2) is 48.0 Å². The molecule has 2 fully saturated rings. The van der Waals surface area contributed by atoms with Crippen molar-refractivity contribution in [2.24, 2.45) is 5.92 Å². The summed E-state index contributed by atoms with van der Waals surface area (Å²) in [6.45, 7) is 8.79. The van der Waals surface area contributed by atoms with E-state index in [-0.39, 0.29) is 11.6 Å². The highest BCUT2D eigenvalue weighted by atomic mass is 32.2. The first-order valence-corrected chi connectivity index (χ1v) is 19.2. The molecule has 6 rings (SSSR count). The minimum Gasteiger partial charge on any atom is -0.304 e. The zero-order valence-electron chi connectivity index (χ0n) is 26.6. The summed E-state index contributed by atoms with van der Waals surface area (Å²) in [6, 6.07) is 10.9. The van der Waals surface area contributed by atoms with Crippen LogP contribution in [0.4, 0.5) is 4.39 Å². The maximum Gasteiger partial charge on any atom is 0.214 e. The van der Waals surface area contributed by atoms with Gasteiger partial charge in [0.1, 0.15) is 11.5 Å². The molecule has 1 unspecified atom stereocenters. The number of pyridine rings is 1. The van der Waals surface area contributed by atoms with Crippen LogP contribution in [-0.4, -0.2) is 70.5 Å². The molecule has 2 aliphatic heterocycles. The molecule has 0 spiro atoms. The molecule has 3 aromatic heterocycles. The lowest BCUT2D eigenvalue weighted by molar-refractivity contribution is 0.314. The summed E-state index contributed by atoms with van der Waals surface area (Å²) in [5.41, 5.74) is 6.55. The number of rotatable bonds is 13. The maximum absolute atomic E-state index is 13.3. The Balaban J connectivity index is 1.06. The highest BCUT2D eigenvalue weighted by Crippen LogP contribution is 2.31. The lowest BCUT2D eigenvalue weighted by atomic mass is 9.91. The summed E-state index contributed by atoms with van der Waals surface area (Å²) in [5.74, 6) is 0.831. The topological polar surface area (TPSA) is 70.8 Å². The molecule has 242 valence electrons. The van der Waals surface area contributed by atoms with Crippen molar-refractivity contribution >= 4 is 27.0 Å². The molecule has 1 atom stereocenters. The van der Waals surface area contributed by atoms with Gasteiger partial charge in [0, 0.05) is 35.9 Å². The molecule has 4 aromatic rings. The third-order valence-corrected chi connectivity index (χ3v) is 12.5. The van der Waals surface area contributed by atoms with Gasteiger partial charge in [-0.2, -0.15) is 0 Å². The summed E-state index contributed by atoms with van der Waals surface area (Å²) in [4.78, 5) is 12.2. The lowest BCUT2D eigenvalue weighted by Gasteiger charge is -2.31. The van der Waals surface area contributed by atoms with Crippen LogP contribution in [0.3, 0.4) is 0 Å². The van der Waals surface area contributed by atoms with Gasteiger partial charge in [0.25, 0.3) is 0 Å². The number of fused-ring (bicyclic) bond motifs is 1. The van der Waals surface area contributed by atoms with Crippen LogP contribution in [0, 0.1) is 11.7 Å². The molecule has 1 aromatic carbocycles. The normalized spacial score (nSPS) is 17.8.